The number of hydrogen-bond donors (Lipinski definition) is 2. The van der Waals surface area contributed by atoms with Gasteiger partial charge in [0.2, 0.25) is 0 Å². The Hall–Kier alpha value is -0.860. The maximum Gasteiger partial charge on any atom is 0.0917 e. The van der Waals surface area contributed by atoms with Gasteiger partial charge in [0.05, 0.1) is 6.10 Å². The second-order valence-electron chi connectivity index (χ2n) is 5.26. The highest BCUT2D eigenvalue weighted by atomic mass is 16.3. The maximum atomic E-state index is 10.1. The van der Waals surface area contributed by atoms with E-state index in [1.165, 1.54) is 5.56 Å². The zero-order valence-corrected chi connectivity index (χ0v) is 11.5. The SMILES string of the molecule is Cc1ccc(C)c(C(O)CNCCC(C)C)c1. The van der Waals surface area contributed by atoms with Gasteiger partial charge < -0.3 is 10.4 Å². The van der Waals surface area contributed by atoms with Crippen molar-refractivity contribution in [3.8, 4) is 0 Å². The molecule has 0 amide bonds. The number of aryl methyl sites for hydroxylation is 2. The van der Waals surface area contributed by atoms with Gasteiger partial charge in [0, 0.05) is 6.54 Å². The van der Waals surface area contributed by atoms with Crippen molar-refractivity contribution in [1.29, 1.82) is 0 Å². The first-order valence-electron chi connectivity index (χ1n) is 6.46. The predicted octanol–water partition coefficient (Wildman–Crippen LogP) is 2.97. The molecule has 0 saturated carbocycles. The number of aliphatic hydroxyl groups is 1. The zero-order chi connectivity index (χ0) is 12.8. The van der Waals surface area contributed by atoms with Crippen LogP contribution in [0, 0.1) is 19.8 Å². The standard InChI is InChI=1S/C15H25NO/c1-11(2)7-8-16-10-15(17)14-9-12(3)5-6-13(14)4/h5-6,9,11,15-17H,7-8,10H2,1-4H3. The summed E-state index contributed by atoms with van der Waals surface area (Å²) >= 11 is 0. The molecule has 0 radical (unpaired) electrons. The van der Waals surface area contributed by atoms with Gasteiger partial charge in [-0.15, -0.1) is 0 Å². The molecule has 0 saturated heterocycles. The normalized spacial score (nSPS) is 13.1. The van der Waals surface area contributed by atoms with Gasteiger partial charge in [-0.3, -0.25) is 0 Å². The predicted molar refractivity (Wildman–Crippen MR) is 73.2 cm³/mol. The van der Waals surface area contributed by atoms with Crippen LogP contribution >= 0.6 is 0 Å². The van der Waals surface area contributed by atoms with E-state index >= 15 is 0 Å². The molecule has 2 heteroatoms. The Labute approximate surface area is 105 Å². The Morgan fingerprint density at radius 1 is 1.24 bits per heavy atom. The van der Waals surface area contributed by atoms with Crippen LogP contribution in [0.25, 0.3) is 0 Å². The van der Waals surface area contributed by atoms with Crippen LogP contribution in [0.2, 0.25) is 0 Å². The van der Waals surface area contributed by atoms with E-state index in [0.29, 0.717) is 12.5 Å². The molecular formula is C15H25NO. The van der Waals surface area contributed by atoms with Crippen molar-refractivity contribution in [1.82, 2.24) is 5.32 Å². The van der Waals surface area contributed by atoms with E-state index in [4.69, 9.17) is 0 Å². The molecule has 0 aliphatic rings. The lowest BCUT2D eigenvalue weighted by atomic mass is 10.0. The van der Waals surface area contributed by atoms with E-state index in [2.05, 4.69) is 44.3 Å². The fraction of sp³-hybridized carbons (Fsp3) is 0.600. The lowest BCUT2D eigenvalue weighted by Crippen LogP contribution is -2.23. The number of aliphatic hydroxyl groups excluding tert-OH is 1. The molecule has 0 spiro atoms. The molecular weight excluding hydrogens is 210 g/mol. The van der Waals surface area contributed by atoms with Gasteiger partial charge in [-0.1, -0.05) is 37.6 Å². The molecule has 0 aliphatic heterocycles. The molecule has 17 heavy (non-hydrogen) atoms. The number of benzene rings is 1. The van der Waals surface area contributed by atoms with Crippen molar-refractivity contribution in [3.63, 3.8) is 0 Å². The Bertz CT molecular complexity index is 347. The van der Waals surface area contributed by atoms with Crippen molar-refractivity contribution in [3.05, 3.63) is 34.9 Å². The molecule has 2 N–H and O–H groups in total. The van der Waals surface area contributed by atoms with E-state index in [0.717, 1.165) is 24.1 Å². The summed E-state index contributed by atoms with van der Waals surface area (Å²) in [6.45, 7) is 10.1. The van der Waals surface area contributed by atoms with E-state index < -0.39 is 6.10 Å². The first-order chi connectivity index (χ1) is 8.00. The molecule has 0 aliphatic carbocycles. The largest absolute Gasteiger partial charge is 0.387 e. The molecule has 1 aromatic rings. The summed E-state index contributed by atoms with van der Waals surface area (Å²) in [6, 6.07) is 6.23. The minimum Gasteiger partial charge on any atom is -0.387 e. The van der Waals surface area contributed by atoms with Crippen molar-refractivity contribution < 1.29 is 5.11 Å². The Morgan fingerprint density at radius 2 is 1.94 bits per heavy atom. The molecule has 96 valence electrons. The Balaban J connectivity index is 2.46. The zero-order valence-electron chi connectivity index (χ0n) is 11.5. The van der Waals surface area contributed by atoms with Gasteiger partial charge in [-0.2, -0.15) is 0 Å². The van der Waals surface area contributed by atoms with E-state index in [9.17, 15) is 5.11 Å². The first kappa shape index (κ1) is 14.2. The second kappa shape index (κ2) is 6.77. The van der Waals surface area contributed by atoms with Crippen molar-refractivity contribution >= 4 is 0 Å². The summed E-state index contributed by atoms with van der Waals surface area (Å²) < 4.78 is 0. The third-order valence-corrected chi connectivity index (χ3v) is 3.03. The summed E-state index contributed by atoms with van der Waals surface area (Å²) in [5, 5.41) is 13.4. The molecule has 1 unspecified atom stereocenters. The summed E-state index contributed by atoms with van der Waals surface area (Å²) in [6.07, 6.45) is 0.751. The van der Waals surface area contributed by atoms with E-state index in [1.807, 2.05) is 6.92 Å². The quantitative estimate of drug-likeness (QED) is 0.743. The second-order valence-corrected chi connectivity index (χ2v) is 5.26. The van der Waals surface area contributed by atoms with Gasteiger partial charge in [0.1, 0.15) is 0 Å². The number of rotatable bonds is 6. The average Bonchev–Trinajstić information content (AvgIpc) is 2.27. The maximum absolute atomic E-state index is 10.1. The monoisotopic (exact) mass is 235 g/mol. The van der Waals surface area contributed by atoms with Gasteiger partial charge >= 0.3 is 0 Å². The van der Waals surface area contributed by atoms with Crippen molar-refractivity contribution in [2.75, 3.05) is 13.1 Å². The minimum atomic E-state index is -0.401. The van der Waals surface area contributed by atoms with Crippen molar-refractivity contribution in [2.24, 2.45) is 5.92 Å². The van der Waals surface area contributed by atoms with Crippen LogP contribution < -0.4 is 5.32 Å². The highest BCUT2D eigenvalue weighted by Gasteiger charge is 2.09. The lowest BCUT2D eigenvalue weighted by Gasteiger charge is -2.15. The molecule has 0 bridgehead atoms. The summed E-state index contributed by atoms with van der Waals surface area (Å²) in [5.41, 5.74) is 3.41. The van der Waals surface area contributed by atoms with E-state index in [-0.39, 0.29) is 0 Å². The highest BCUT2D eigenvalue weighted by Crippen LogP contribution is 2.18. The molecule has 0 aromatic heterocycles. The molecule has 0 fully saturated rings. The minimum absolute atomic E-state index is 0.401. The molecule has 0 heterocycles. The van der Waals surface area contributed by atoms with Gasteiger partial charge in [-0.25, -0.2) is 0 Å². The van der Waals surface area contributed by atoms with Gasteiger partial charge in [0.15, 0.2) is 0 Å². The van der Waals surface area contributed by atoms with Crippen LogP contribution in [0.1, 0.15) is 43.1 Å². The lowest BCUT2D eigenvalue weighted by molar-refractivity contribution is 0.173. The van der Waals surface area contributed by atoms with Gasteiger partial charge in [-0.05, 0) is 43.9 Å². The molecule has 1 aromatic carbocycles. The van der Waals surface area contributed by atoms with Crippen LogP contribution in [0.4, 0.5) is 0 Å². The summed E-state index contributed by atoms with van der Waals surface area (Å²) in [5.74, 6) is 0.709. The third-order valence-electron chi connectivity index (χ3n) is 3.03. The Kier molecular flexibility index (Phi) is 5.66. The molecule has 2 nitrogen and oxygen atoms in total. The number of nitrogens with one attached hydrogen (secondary N) is 1. The van der Waals surface area contributed by atoms with Crippen LogP contribution in [-0.4, -0.2) is 18.2 Å². The van der Waals surface area contributed by atoms with Crippen LogP contribution in [0.3, 0.4) is 0 Å². The molecule has 1 rings (SSSR count). The third kappa shape index (κ3) is 4.88. The van der Waals surface area contributed by atoms with Crippen LogP contribution in [0.5, 0.6) is 0 Å². The van der Waals surface area contributed by atoms with E-state index in [1.54, 1.807) is 0 Å². The topological polar surface area (TPSA) is 32.3 Å². The van der Waals surface area contributed by atoms with Crippen molar-refractivity contribution in [2.45, 2.75) is 40.2 Å². The fourth-order valence-corrected chi connectivity index (χ4v) is 1.86. The fourth-order valence-electron chi connectivity index (χ4n) is 1.86. The van der Waals surface area contributed by atoms with Crippen LogP contribution in [-0.2, 0) is 0 Å². The number of hydrogen-bond acceptors (Lipinski definition) is 2. The highest BCUT2D eigenvalue weighted by molar-refractivity contribution is 5.32. The first-order valence-corrected chi connectivity index (χ1v) is 6.46. The summed E-state index contributed by atoms with van der Waals surface area (Å²) in [7, 11) is 0. The molecule has 1 atom stereocenters. The summed E-state index contributed by atoms with van der Waals surface area (Å²) in [4.78, 5) is 0. The van der Waals surface area contributed by atoms with Gasteiger partial charge in [0.25, 0.3) is 0 Å². The Morgan fingerprint density at radius 3 is 2.59 bits per heavy atom. The van der Waals surface area contributed by atoms with Crippen LogP contribution in [0.15, 0.2) is 18.2 Å². The average molecular weight is 235 g/mol. The smallest absolute Gasteiger partial charge is 0.0917 e.